The number of rotatable bonds is 4. The molecule has 1 saturated carbocycles. The Labute approximate surface area is 109 Å². The smallest absolute Gasteiger partial charge is 0.365 e. The van der Waals surface area contributed by atoms with E-state index < -0.39 is 18.4 Å². The van der Waals surface area contributed by atoms with E-state index in [0.717, 1.165) is 25.7 Å². The van der Waals surface area contributed by atoms with Crippen LogP contribution in [0.2, 0.25) is 0 Å². The highest BCUT2D eigenvalue weighted by molar-refractivity contribution is 9.09. The minimum absolute atomic E-state index is 0.487. The Morgan fingerprint density at radius 2 is 1.82 bits per heavy atom. The molecule has 1 aliphatic carbocycles. The Bertz CT molecular complexity index is 232. The molecule has 0 spiro atoms. The molecular weight excluding hydrogens is 297 g/mol. The molecule has 102 valence electrons. The molecule has 0 aromatic heterocycles. The molecule has 0 N–H and O–H groups in total. The van der Waals surface area contributed by atoms with Crippen LogP contribution in [0.3, 0.4) is 0 Å². The highest BCUT2D eigenvalue weighted by Crippen LogP contribution is 2.39. The minimum atomic E-state index is -4.23. The van der Waals surface area contributed by atoms with Crippen molar-refractivity contribution in [1.82, 2.24) is 0 Å². The normalized spacial score (nSPS) is 30.9. The van der Waals surface area contributed by atoms with Gasteiger partial charge in [0, 0.05) is 5.33 Å². The lowest BCUT2D eigenvalue weighted by Gasteiger charge is -2.40. The van der Waals surface area contributed by atoms with Gasteiger partial charge in [-0.2, -0.15) is 13.2 Å². The van der Waals surface area contributed by atoms with Gasteiger partial charge in [0.05, 0.1) is 5.60 Å². The van der Waals surface area contributed by atoms with Crippen molar-refractivity contribution in [3.05, 3.63) is 0 Å². The van der Waals surface area contributed by atoms with Crippen molar-refractivity contribution in [2.24, 2.45) is 11.8 Å². The molecule has 1 nitrogen and oxygen atoms in total. The minimum Gasteiger partial charge on any atom is -0.365 e. The average molecular weight is 317 g/mol. The standard InChI is InChI=1S/C12H20BrF3O/c1-9(2)10-3-5-11(7-13,6-4-10)17-8-12(14,15)16/h9-10H,3-8H2,1-2H3. The second-order valence-corrected chi connectivity index (χ2v) is 5.86. The van der Waals surface area contributed by atoms with Crippen molar-refractivity contribution >= 4 is 15.9 Å². The van der Waals surface area contributed by atoms with E-state index in [1.807, 2.05) is 0 Å². The van der Waals surface area contributed by atoms with Crippen LogP contribution in [0.15, 0.2) is 0 Å². The van der Waals surface area contributed by atoms with Crippen molar-refractivity contribution in [3.8, 4) is 0 Å². The molecule has 0 aliphatic heterocycles. The molecule has 0 bridgehead atoms. The van der Waals surface area contributed by atoms with E-state index in [1.165, 1.54) is 0 Å². The van der Waals surface area contributed by atoms with Gasteiger partial charge >= 0.3 is 6.18 Å². The first-order valence-corrected chi connectivity index (χ1v) is 7.17. The Balaban J connectivity index is 2.49. The van der Waals surface area contributed by atoms with Gasteiger partial charge < -0.3 is 4.74 Å². The largest absolute Gasteiger partial charge is 0.411 e. The zero-order chi connectivity index (χ0) is 13.1. The SMILES string of the molecule is CC(C)C1CCC(CBr)(OCC(F)(F)F)CC1. The second kappa shape index (κ2) is 5.91. The monoisotopic (exact) mass is 316 g/mol. The molecule has 0 unspecified atom stereocenters. The maximum Gasteiger partial charge on any atom is 0.411 e. The van der Waals surface area contributed by atoms with Gasteiger partial charge in [0.2, 0.25) is 0 Å². The van der Waals surface area contributed by atoms with E-state index in [2.05, 4.69) is 29.8 Å². The predicted molar refractivity (Wildman–Crippen MR) is 65.3 cm³/mol. The molecule has 5 heteroatoms. The van der Waals surface area contributed by atoms with Crippen LogP contribution >= 0.6 is 15.9 Å². The van der Waals surface area contributed by atoms with Gasteiger partial charge in [0.25, 0.3) is 0 Å². The van der Waals surface area contributed by atoms with E-state index in [4.69, 9.17) is 4.74 Å². The molecular formula is C12H20BrF3O. The number of hydrogen-bond donors (Lipinski definition) is 0. The fourth-order valence-corrected chi connectivity index (χ4v) is 3.11. The Kier molecular flexibility index (Phi) is 5.32. The van der Waals surface area contributed by atoms with Crippen LogP contribution in [-0.4, -0.2) is 23.7 Å². The van der Waals surface area contributed by atoms with Gasteiger partial charge in [-0.05, 0) is 37.5 Å². The van der Waals surface area contributed by atoms with Crippen LogP contribution in [0.5, 0.6) is 0 Å². The molecule has 1 rings (SSSR count). The fraction of sp³-hybridized carbons (Fsp3) is 1.00. The third-order valence-corrected chi connectivity index (χ3v) is 4.69. The first-order chi connectivity index (χ1) is 7.78. The number of alkyl halides is 4. The van der Waals surface area contributed by atoms with Gasteiger partial charge in [0.1, 0.15) is 6.61 Å². The van der Waals surface area contributed by atoms with Crippen LogP contribution in [-0.2, 0) is 4.74 Å². The number of ether oxygens (including phenoxy) is 1. The van der Waals surface area contributed by atoms with Crippen LogP contribution in [0.1, 0.15) is 39.5 Å². The topological polar surface area (TPSA) is 9.23 Å². The molecule has 0 aromatic rings. The molecule has 0 atom stereocenters. The second-order valence-electron chi connectivity index (χ2n) is 5.30. The van der Waals surface area contributed by atoms with Gasteiger partial charge in [-0.1, -0.05) is 29.8 Å². The van der Waals surface area contributed by atoms with Crippen molar-refractivity contribution in [3.63, 3.8) is 0 Å². The van der Waals surface area contributed by atoms with Gasteiger partial charge in [-0.3, -0.25) is 0 Å². The van der Waals surface area contributed by atoms with Crippen LogP contribution < -0.4 is 0 Å². The van der Waals surface area contributed by atoms with Gasteiger partial charge in [-0.15, -0.1) is 0 Å². The van der Waals surface area contributed by atoms with Crippen molar-refractivity contribution < 1.29 is 17.9 Å². The summed E-state index contributed by atoms with van der Waals surface area (Å²) in [6, 6.07) is 0. The average Bonchev–Trinajstić information content (AvgIpc) is 2.26. The summed E-state index contributed by atoms with van der Waals surface area (Å²) in [6.45, 7) is 3.20. The zero-order valence-electron chi connectivity index (χ0n) is 10.3. The van der Waals surface area contributed by atoms with Crippen molar-refractivity contribution in [2.45, 2.75) is 51.3 Å². The van der Waals surface area contributed by atoms with Crippen LogP contribution in [0.4, 0.5) is 13.2 Å². The van der Waals surface area contributed by atoms with E-state index >= 15 is 0 Å². The molecule has 17 heavy (non-hydrogen) atoms. The van der Waals surface area contributed by atoms with Crippen molar-refractivity contribution in [2.75, 3.05) is 11.9 Å². The third-order valence-electron chi connectivity index (χ3n) is 3.67. The highest BCUT2D eigenvalue weighted by Gasteiger charge is 2.39. The summed E-state index contributed by atoms with van der Waals surface area (Å²) in [5.74, 6) is 1.22. The Morgan fingerprint density at radius 3 is 2.18 bits per heavy atom. The van der Waals surface area contributed by atoms with E-state index in [9.17, 15) is 13.2 Å². The maximum absolute atomic E-state index is 12.2. The fourth-order valence-electron chi connectivity index (χ4n) is 2.38. The van der Waals surface area contributed by atoms with Crippen LogP contribution in [0, 0.1) is 11.8 Å². The molecule has 1 aliphatic rings. The Morgan fingerprint density at radius 1 is 1.29 bits per heavy atom. The maximum atomic E-state index is 12.2. The van der Waals surface area contributed by atoms with E-state index in [0.29, 0.717) is 17.2 Å². The van der Waals surface area contributed by atoms with Crippen LogP contribution in [0.25, 0.3) is 0 Å². The Hall–Kier alpha value is 0.230. The molecule has 1 fully saturated rings. The number of halogens is 4. The summed E-state index contributed by atoms with van der Waals surface area (Å²) in [5, 5.41) is 0.487. The lowest BCUT2D eigenvalue weighted by Crippen LogP contribution is -2.42. The summed E-state index contributed by atoms with van der Waals surface area (Å²) in [7, 11) is 0. The molecule has 0 amide bonds. The highest BCUT2D eigenvalue weighted by atomic mass is 79.9. The van der Waals surface area contributed by atoms with Gasteiger partial charge in [0.15, 0.2) is 0 Å². The summed E-state index contributed by atoms with van der Waals surface area (Å²) < 4.78 is 41.7. The summed E-state index contributed by atoms with van der Waals surface area (Å²) in [4.78, 5) is 0. The lowest BCUT2D eigenvalue weighted by molar-refractivity contribution is -0.207. The van der Waals surface area contributed by atoms with Gasteiger partial charge in [-0.25, -0.2) is 0 Å². The van der Waals surface area contributed by atoms with E-state index in [1.54, 1.807) is 0 Å². The first-order valence-electron chi connectivity index (χ1n) is 6.05. The molecule has 0 saturated heterocycles. The molecule has 0 aromatic carbocycles. The van der Waals surface area contributed by atoms with E-state index in [-0.39, 0.29) is 0 Å². The molecule has 0 heterocycles. The summed E-state index contributed by atoms with van der Waals surface area (Å²) in [5.41, 5.74) is -0.610. The molecule has 0 radical (unpaired) electrons. The summed E-state index contributed by atoms with van der Waals surface area (Å²) >= 11 is 3.30. The lowest BCUT2D eigenvalue weighted by atomic mass is 9.75. The predicted octanol–water partition coefficient (Wildman–Crippen LogP) is 4.55. The zero-order valence-corrected chi connectivity index (χ0v) is 11.9. The van der Waals surface area contributed by atoms with Crippen molar-refractivity contribution in [1.29, 1.82) is 0 Å². The summed E-state index contributed by atoms with van der Waals surface area (Å²) in [6.07, 6.45) is -0.874. The number of hydrogen-bond acceptors (Lipinski definition) is 1. The quantitative estimate of drug-likeness (QED) is 0.692. The first kappa shape index (κ1) is 15.3. The third kappa shape index (κ3) is 4.78.